The maximum atomic E-state index is 4.39. The lowest BCUT2D eigenvalue weighted by Gasteiger charge is -2.23. The van der Waals surface area contributed by atoms with Gasteiger partial charge < -0.3 is 5.32 Å². The number of nitrogens with zero attached hydrogens (tertiary/aromatic N) is 1. The summed E-state index contributed by atoms with van der Waals surface area (Å²) in [5, 5.41) is 13.4. The average Bonchev–Trinajstić information content (AvgIpc) is 2.85. The SMILES string of the molecule is c1ccc2c(Nc3cc(C4CCC4)[nH]n3)cccc2c1. The summed E-state index contributed by atoms with van der Waals surface area (Å²) in [5.74, 6) is 1.59. The van der Waals surface area contributed by atoms with E-state index in [9.17, 15) is 0 Å². The molecule has 20 heavy (non-hydrogen) atoms. The van der Waals surface area contributed by atoms with Gasteiger partial charge in [-0.25, -0.2) is 0 Å². The molecule has 2 aromatic carbocycles. The highest BCUT2D eigenvalue weighted by Gasteiger charge is 2.21. The predicted octanol–water partition coefficient (Wildman–Crippen LogP) is 4.57. The van der Waals surface area contributed by atoms with E-state index in [-0.39, 0.29) is 0 Å². The molecule has 3 nitrogen and oxygen atoms in total. The highest BCUT2D eigenvalue weighted by molar-refractivity contribution is 5.95. The normalized spacial score (nSPS) is 15.2. The second kappa shape index (κ2) is 4.67. The van der Waals surface area contributed by atoms with E-state index in [0.29, 0.717) is 5.92 Å². The van der Waals surface area contributed by atoms with Gasteiger partial charge in [0.1, 0.15) is 0 Å². The Hall–Kier alpha value is -2.29. The minimum absolute atomic E-state index is 0.686. The molecular weight excluding hydrogens is 246 g/mol. The number of fused-ring (bicyclic) bond motifs is 1. The van der Waals surface area contributed by atoms with Gasteiger partial charge in [-0.1, -0.05) is 42.8 Å². The van der Waals surface area contributed by atoms with E-state index in [2.05, 4.69) is 64.0 Å². The summed E-state index contributed by atoms with van der Waals surface area (Å²) in [6.07, 6.45) is 3.92. The summed E-state index contributed by atoms with van der Waals surface area (Å²) in [5.41, 5.74) is 2.37. The van der Waals surface area contributed by atoms with Crippen LogP contribution in [0.15, 0.2) is 48.5 Å². The van der Waals surface area contributed by atoms with E-state index < -0.39 is 0 Å². The minimum atomic E-state index is 0.686. The third kappa shape index (κ3) is 1.95. The van der Waals surface area contributed by atoms with E-state index in [1.807, 2.05) is 0 Å². The molecule has 1 fully saturated rings. The van der Waals surface area contributed by atoms with Crippen LogP contribution in [-0.4, -0.2) is 10.2 Å². The number of H-pyrrole nitrogens is 1. The summed E-state index contributed by atoms with van der Waals surface area (Å²) in [6, 6.07) is 16.8. The van der Waals surface area contributed by atoms with Gasteiger partial charge in [-0.3, -0.25) is 5.10 Å². The van der Waals surface area contributed by atoms with Crippen molar-refractivity contribution in [3.8, 4) is 0 Å². The maximum absolute atomic E-state index is 4.39. The number of hydrogen-bond acceptors (Lipinski definition) is 2. The Bertz CT molecular complexity index is 735. The van der Waals surface area contributed by atoms with Gasteiger partial charge in [0, 0.05) is 28.8 Å². The molecule has 1 saturated carbocycles. The van der Waals surface area contributed by atoms with Crippen molar-refractivity contribution < 1.29 is 0 Å². The van der Waals surface area contributed by atoms with Gasteiger partial charge in [-0.2, -0.15) is 5.10 Å². The van der Waals surface area contributed by atoms with Crippen LogP contribution in [0.3, 0.4) is 0 Å². The van der Waals surface area contributed by atoms with Gasteiger partial charge in [0.2, 0.25) is 0 Å². The second-order valence-electron chi connectivity index (χ2n) is 5.49. The van der Waals surface area contributed by atoms with E-state index in [1.165, 1.54) is 35.7 Å². The van der Waals surface area contributed by atoms with Crippen molar-refractivity contribution in [2.45, 2.75) is 25.2 Å². The number of aromatic nitrogens is 2. The second-order valence-corrected chi connectivity index (χ2v) is 5.49. The Kier molecular flexibility index (Phi) is 2.69. The molecule has 0 radical (unpaired) electrons. The highest BCUT2D eigenvalue weighted by atomic mass is 15.2. The molecule has 0 atom stereocenters. The van der Waals surface area contributed by atoms with E-state index in [0.717, 1.165) is 11.5 Å². The first-order valence-corrected chi connectivity index (χ1v) is 7.20. The zero-order valence-electron chi connectivity index (χ0n) is 11.3. The van der Waals surface area contributed by atoms with Crippen molar-refractivity contribution in [2.24, 2.45) is 0 Å². The van der Waals surface area contributed by atoms with Crippen LogP contribution in [0.25, 0.3) is 10.8 Å². The maximum Gasteiger partial charge on any atom is 0.152 e. The van der Waals surface area contributed by atoms with Crippen LogP contribution in [0.4, 0.5) is 11.5 Å². The third-order valence-corrected chi connectivity index (χ3v) is 4.20. The van der Waals surface area contributed by atoms with Crippen LogP contribution in [0.5, 0.6) is 0 Å². The molecule has 0 unspecified atom stereocenters. The van der Waals surface area contributed by atoms with E-state index in [4.69, 9.17) is 0 Å². The molecule has 3 aromatic rings. The molecule has 1 aliphatic rings. The largest absolute Gasteiger partial charge is 0.338 e. The number of nitrogens with one attached hydrogen (secondary N) is 2. The lowest BCUT2D eigenvalue weighted by molar-refractivity contribution is 0.410. The Labute approximate surface area is 118 Å². The molecule has 2 N–H and O–H groups in total. The van der Waals surface area contributed by atoms with Gasteiger partial charge in [-0.05, 0) is 24.3 Å². The van der Waals surface area contributed by atoms with Crippen molar-refractivity contribution in [2.75, 3.05) is 5.32 Å². The average molecular weight is 263 g/mol. The van der Waals surface area contributed by atoms with Crippen molar-refractivity contribution >= 4 is 22.3 Å². The van der Waals surface area contributed by atoms with Crippen LogP contribution in [0.2, 0.25) is 0 Å². The summed E-state index contributed by atoms with van der Waals surface area (Å²) < 4.78 is 0. The number of benzene rings is 2. The summed E-state index contributed by atoms with van der Waals surface area (Å²) in [6.45, 7) is 0. The first kappa shape index (κ1) is 11.5. The van der Waals surface area contributed by atoms with Crippen LogP contribution in [-0.2, 0) is 0 Å². The monoisotopic (exact) mass is 263 g/mol. The van der Waals surface area contributed by atoms with Crippen molar-refractivity contribution in [3.63, 3.8) is 0 Å². The number of anilines is 2. The molecule has 0 amide bonds. The van der Waals surface area contributed by atoms with Crippen LogP contribution in [0, 0.1) is 0 Å². The fourth-order valence-electron chi connectivity index (χ4n) is 2.80. The predicted molar refractivity (Wildman–Crippen MR) is 82.4 cm³/mol. The Morgan fingerprint density at radius 1 is 1.05 bits per heavy atom. The fourth-order valence-corrected chi connectivity index (χ4v) is 2.80. The van der Waals surface area contributed by atoms with Gasteiger partial charge in [0.15, 0.2) is 5.82 Å². The number of rotatable bonds is 3. The zero-order chi connectivity index (χ0) is 13.4. The standard InChI is InChI=1S/C17H17N3/c1-2-9-14-12(5-1)6-4-10-15(14)18-17-11-16(19-20-17)13-7-3-8-13/h1-2,4-6,9-11,13H,3,7-8H2,(H2,18,19,20). The van der Waals surface area contributed by atoms with E-state index in [1.54, 1.807) is 0 Å². The topological polar surface area (TPSA) is 40.7 Å². The fraction of sp³-hybridized carbons (Fsp3) is 0.235. The Morgan fingerprint density at radius 2 is 1.90 bits per heavy atom. The molecule has 1 aromatic heterocycles. The molecule has 1 heterocycles. The molecular formula is C17H17N3. The van der Waals surface area contributed by atoms with Gasteiger partial charge in [0.05, 0.1) is 0 Å². The molecule has 0 bridgehead atoms. The highest BCUT2D eigenvalue weighted by Crippen LogP contribution is 2.36. The Morgan fingerprint density at radius 3 is 2.75 bits per heavy atom. The van der Waals surface area contributed by atoms with Gasteiger partial charge in [-0.15, -0.1) is 0 Å². The molecule has 4 rings (SSSR count). The minimum Gasteiger partial charge on any atom is -0.338 e. The van der Waals surface area contributed by atoms with Crippen LogP contribution in [0.1, 0.15) is 30.9 Å². The molecule has 0 saturated heterocycles. The van der Waals surface area contributed by atoms with Crippen molar-refractivity contribution in [1.82, 2.24) is 10.2 Å². The van der Waals surface area contributed by atoms with E-state index >= 15 is 0 Å². The summed E-state index contributed by atoms with van der Waals surface area (Å²) >= 11 is 0. The van der Waals surface area contributed by atoms with Crippen molar-refractivity contribution in [1.29, 1.82) is 0 Å². The van der Waals surface area contributed by atoms with Gasteiger partial charge in [0.25, 0.3) is 0 Å². The number of aromatic amines is 1. The smallest absolute Gasteiger partial charge is 0.152 e. The lowest BCUT2D eigenvalue weighted by Crippen LogP contribution is -2.08. The quantitative estimate of drug-likeness (QED) is 0.726. The van der Waals surface area contributed by atoms with Crippen LogP contribution < -0.4 is 5.32 Å². The molecule has 3 heteroatoms. The first-order valence-electron chi connectivity index (χ1n) is 7.20. The molecule has 1 aliphatic carbocycles. The van der Waals surface area contributed by atoms with Crippen molar-refractivity contribution in [3.05, 3.63) is 54.2 Å². The zero-order valence-corrected chi connectivity index (χ0v) is 11.3. The summed E-state index contributed by atoms with van der Waals surface area (Å²) in [4.78, 5) is 0. The first-order chi connectivity index (χ1) is 9.90. The Balaban J connectivity index is 1.65. The number of hydrogen-bond donors (Lipinski definition) is 2. The lowest BCUT2D eigenvalue weighted by atomic mass is 9.83. The van der Waals surface area contributed by atoms with Crippen LogP contribution >= 0.6 is 0 Å². The molecule has 100 valence electrons. The molecule has 0 aliphatic heterocycles. The molecule has 0 spiro atoms. The van der Waals surface area contributed by atoms with Gasteiger partial charge >= 0.3 is 0 Å². The summed E-state index contributed by atoms with van der Waals surface area (Å²) in [7, 11) is 0. The third-order valence-electron chi connectivity index (χ3n) is 4.20.